The highest BCUT2D eigenvalue weighted by molar-refractivity contribution is 5.92. The van der Waals surface area contributed by atoms with Gasteiger partial charge in [0.15, 0.2) is 0 Å². The molecule has 2 aromatic carbocycles. The largest absolute Gasteiger partial charge is 0.491 e. The van der Waals surface area contributed by atoms with Crippen LogP contribution in [0, 0.1) is 5.82 Å². The molecule has 0 fully saturated rings. The average Bonchev–Trinajstić information content (AvgIpc) is 2.65. The summed E-state index contributed by atoms with van der Waals surface area (Å²) in [7, 11) is 0. The molecule has 0 aromatic heterocycles. The summed E-state index contributed by atoms with van der Waals surface area (Å²) in [5, 5.41) is 5.76. The second-order valence-electron chi connectivity index (χ2n) is 5.75. The lowest BCUT2D eigenvalue weighted by atomic mass is 9.99. The normalized spacial score (nSPS) is 12.7. The molecule has 140 valence electrons. The van der Waals surface area contributed by atoms with Crippen molar-refractivity contribution in [3.8, 4) is 5.75 Å². The molecule has 1 amide bonds. The Hall–Kier alpha value is -2.15. The molecule has 0 radical (unpaired) electrons. The van der Waals surface area contributed by atoms with E-state index in [4.69, 9.17) is 9.47 Å². The molecule has 0 spiro atoms. The van der Waals surface area contributed by atoms with Crippen molar-refractivity contribution >= 4 is 24.0 Å². The Morgan fingerprint density at radius 2 is 1.96 bits per heavy atom. The number of carbonyl (C=O) groups is 1. The summed E-state index contributed by atoms with van der Waals surface area (Å²) in [6.45, 7) is 1.88. The maximum atomic E-state index is 14.4. The Bertz CT molecular complexity index is 728. The summed E-state index contributed by atoms with van der Waals surface area (Å²) in [6.07, 6.45) is 0.623. The van der Waals surface area contributed by atoms with Crippen molar-refractivity contribution in [2.45, 2.75) is 13.0 Å². The van der Waals surface area contributed by atoms with Gasteiger partial charge in [-0.25, -0.2) is 4.39 Å². The van der Waals surface area contributed by atoms with Crippen LogP contribution in [0.25, 0.3) is 0 Å². The van der Waals surface area contributed by atoms with Crippen molar-refractivity contribution in [2.24, 2.45) is 0 Å². The van der Waals surface area contributed by atoms with E-state index in [1.807, 2.05) is 36.4 Å². The second-order valence-corrected chi connectivity index (χ2v) is 5.75. The molecule has 5 nitrogen and oxygen atoms in total. The Morgan fingerprint density at radius 3 is 2.77 bits per heavy atom. The molecule has 2 N–H and O–H groups in total. The van der Waals surface area contributed by atoms with Gasteiger partial charge in [-0.1, -0.05) is 24.3 Å². The first-order valence-electron chi connectivity index (χ1n) is 8.30. The van der Waals surface area contributed by atoms with Crippen molar-refractivity contribution in [3.63, 3.8) is 0 Å². The molecule has 0 saturated carbocycles. The lowest BCUT2D eigenvalue weighted by Crippen LogP contribution is -2.26. The number of nitrogens with one attached hydrogen (secondary N) is 2. The van der Waals surface area contributed by atoms with E-state index >= 15 is 0 Å². The molecule has 1 aliphatic heterocycles. The lowest BCUT2D eigenvalue weighted by Gasteiger charge is -2.19. The van der Waals surface area contributed by atoms with Crippen LogP contribution in [0.4, 0.5) is 10.1 Å². The highest BCUT2D eigenvalue weighted by Gasteiger charge is 2.17. The Labute approximate surface area is 158 Å². The molecule has 0 aliphatic carbocycles. The molecule has 26 heavy (non-hydrogen) atoms. The predicted octanol–water partition coefficient (Wildman–Crippen LogP) is 2.93. The van der Waals surface area contributed by atoms with Gasteiger partial charge in [0.05, 0.1) is 12.3 Å². The minimum Gasteiger partial charge on any atom is -0.491 e. The van der Waals surface area contributed by atoms with Crippen LogP contribution < -0.4 is 15.4 Å². The van der Waals surface area contributed by atoms with Crippen LogP contribution in [0.15, 0.2) is 42.5 Å². The van der Waals surface area contributed by atoms with E-state index < -0.39 is 0 Å². The smallest absolute Gasteiger partial charge is 0.250 e. The molecule has 3 rings (SSSR count). The number of amides is 1. The third-order valence-corrected chi connectivity index (χ3v) is 3.95. The molecule has 0 saturated heterocycles. The van der Waals surface area contributed by atoms with Crippen molar-refractivity contribution in [1.29, 1.82) is 0 Å². The minimum absolute atomic E-state index is 0. The molecule has 0 bridgehead atoms. The van der Waals surface area contributed by atoms with E-state index in [2.05, 4.69) is 10.6 Å². The highest BCUT2D eigenvalue weighted by Crippen LogP contribution is 2.24. The van der Waals surface area contributed by atoms with Crippen LogP contribution >= 0.6 is 12.4 Å². The lowest BCUT2D eigenvalue weighted by molar-refractivity contribution is -0.120. The van der Waals surface area contributed by atoms with E-state index in [1.54, 1.807) is 6.07 Å². The van der Waals surface area contributed by atoms with Crippen LogP contribution in [0.2, 0.25) is 0 Å². The zero-order valence-electron chi connectivity index (χ0n) is 14.3. The SMILES string of the molecule is Cl.O=C(COCCOc1ccccc1)Nc1ccc2c(c1F)CCNC2. The van der Waals surface area contributed by atoms with Crippen LogP contribution in [-0.2, 0) is 22.5 Å². The quantitative estimate of drug-likeness (QED) is 0.725. The van der Waals surface area contributed by atoms with Gasteiger partial charge in [0, 0.05) is 6.54 Å². The summed E-state index contributed by atoms with van der Waals surface area (Å²) in [4.78, 5) is 11.9. The molecule has 7 heteroatoms. The van der Waals surface area contributed by atoms with Gasteiger partial charge >= 0.3 is 0 Å². The van der Waals surface area contributed by atoms with Crippen LogP contribution in [0.3, 0.4) is 0 Å². The molecule has 1 heterocycles. The maximum Gasteiger partial charge on any atom is 0.250 e. The zero-order valence-corrected chi connectivity index (χ0v) is 15.1. The van der Waals surface area contributed by atoms with Gasteiger partial charge in [-0.05, 0) is 42.3 Å². The van der Waals surface area contributed by atoms with E-state index in [0.29, 0.717) is 25.1 Å². The van der Waals surface area contributed by atoms with Gasteiger partial charge in [-0.15, -0.1) is 12.4 Å². The molecular formula is C19H22ClFN2O3. The van der Waals surface area contributed by atoms with Crippen molar-refractivity contribution < 1.29 is 18.7 Å². The fraction of sp³-hybridized carbons (Fsp3) is 0.316. The molecule has 2 aromatic rings. The van der Waals surface area contributed by atoms with Gasteiger partial charge in [0.1, 0.15) is 24.8 Å². The second kappa shape index (κ2) is 10.1. The van der Waals surface area contributed by atoms with Gasteiger partial charge in [0.25, 0.3) is 0 Å². The number of fused-ring (bicyclic) bond motifs is 1. The number of hydrogen-bond acceptors (Lipinski definition) is 4. The number of hydrogen-bond donors (Lipinski definition) is 2. The fourth-order valence-electron chi connectivity index (χ4n) is 2.72. The monoisotopic (exact) mass is 380 g/mol. The zero-order chi connectivity index (χ0) is 17.5. The van der Waals surface area contributed by atoms with Gasteiger partial charge < -0.3 is 20.1 Å². The Morgan fingerprint density at radius 1 is 1.15 bits per heavy atom. The summed E-state index contributed by atoms with van der Waals surface area (Å²) < 4.78 is 25.2. The average molecular weight is 381 g/mol. The number of para-hydroxylation sites is 1. The first kappa shape index (κ1) is 20.2. The van der Waals surface area contributed by atoms with E-state index in [1.165, 1.54) is 0 Å². The third-order valence-electron chi connectivity index (χ3n) is 3.95. The number of benzene rings is 2. The summed E-state index contributed by atoms with van der Waals surface area (Å²) in [5.41, 5.74) is 1.82. The number of anilines is 1. The van der Waals surface area contributed by atoms with Crippen LogP contribution in [-0.4, -0.2) is 32.3 Å². The van der Waals surface area contributed by atoms with Crippen LogP contribution in [0.5, 0.6) is 5.75 Å². The summed E-state index contributed by atoms with van der Waals surface area (Å²) in [5.74, 6) is 0.0217. The first-order chi connectivity index (χ1) is 12.2. The summed E-state index contributed by atoms with van der Waals surface area (Å²) in [6, 6.07) is 12.8. The Balaban J connectivity index is 0.00000243. The van der Waals surface area contributed by atoms with E-state index in [-0.39, 0.29) is 43.0 Å². The number of ether oxygens (including phenoxy) is 2. The third kappa shape index (κ3) is 5.42. The maximum absolute atomic E-state index is 14.4. The molecule has 1 aliphatic rings. The first-order valence-corrected chi connectivity index (χ1v) is 8.30. The minimum atomic E-state index is -0.382. The number of rotatable bonds is 7. The number of halogens is 2. The van der Waals surface area contributed by atoms with Crippen molar-refractivity contribution in [1.82, 2.24) is 5.32 Å². The predicted molar refractivity (Wildman–Crippen MR) is 100 cm³/mol. The molecular weight excluding hydrogens is 359 g/mol. The highest BCUT2D eigenvalue weighted by atomic mass is 35.5. The Kier molecular flexibility index (Phi) is 7.84. The van der Waals surface area contributed by atoms with Crippen molar-refractivity contribution in [2.75, 3.05) is 31.7 Å². The number of carbonyl (C=O) groups excluding carboxylic acids is 1. The molecule has 0 atom stereocenters. The van der Waals surface area contributed by atoms with Crippen molar-refractivity contribution in [3.05, 3.63) is 59.4 Å². The van der Waals surface area contributed by atoms with Gasteiger partial charge in [-0.2, -0.15) is 0 Å². The standard InChI is InChI=1S/C19H21FN2O3.ClH/c20-19-16-8-9-21-12-14(16)6-7-17(19)22-18(23)13-24-10-11-25-15-4-2-1-3-5-15;/h1-7,21H,8-13H2,(H,22,23);1H. The van der Waals surface area contributed by atoms with Gasteiger partial charge in [-0.3, -0.25) is 4.79 Å². The summed E-state index contributed by atoms with van der Waals surface area (Å²) >= 11 is 0. The van der Waals surface area contributed by atoms with E-state index in [0.717, 1.165) is 17.9 Å². The van der Waals surface area contributed by atoms with Gasteiger partial charge in [0.2, 0.25) is 5.91 Å². The molecule has 0 unspecified atom stereocenters. The van der Waals surface area contributed by atoms with E-state index in [9.17, 15) is 9.18 Å². The topological polar surface area (TPSA) is 59.6 Å². The fourth-order valence-corrected chi connectivity index (χ4v) is 2.72. The van der Waals surface area contributed by atoms with Crippen LogP contribution in [0.1, 0.15) is 11.1 Å².